The van der Waals surface area contributed by atoms with Gasteiger partial charge in [0.05, 0.1) is 0 Å². The lowest BCUT2D eigenvalue weighted by molar-refractivity contribution is 0.105. The molecular weight excluding hydrogens is 244 g/mol. The second-order valence-electron chi connectivity index (χ2n) is 5.63. The van der Waals surface area contributed by atoms with E-state index in [4.69, 9.17) is 0 Å². The van der Waals surface area contributed by atoms with Crippen molar-refractivity contribution < 1.29 is 4.79 Å². The van der Waals surface area contributed by atoms with E-state index < -0.39 is 0 Å². The first-order valence-electron chi connectivity index (χ1n) is 6.98. The third-order valence-electron chi connectivity index (χ3n) is 3.92. The van der Waals surface area contributed by atoms with E-state index in [9.17, 15) is 4.79 Å². The van der Waals surface area contributed by atoms with Gasteiger partial charge in [0.1, 0.15) is 0 Å². The molecule has 0 radical (unpaired) electrons. The molecule has 0 aromatic heterocycles. The number of ketones is 1. The standard InChI is InChI=1S/C19H18O/c1-12-4-6-15(7-5-12)17-9-8-16-11-13(2)10-14(3)18(16)19(17)20/h4-7,9-11H,8H2,1-3H3. The second kappa shape index (κ2) is 4.75. The van der Waals surface area contributed by atoms with Crippen LogP contribution in [0.5, 0.6) is 0 Å². The Kier molecular flexibility index (Phi) is 3.06. The van der Waals surface area contributed by atoms with Gasteiger partial charge in [-0.3, -0.25) is 4.79 Å². The van der Waals surface area contributed by atoms with Crippen LogP contribution in [0.25, 0.3) is 5.57 Å². The van der Waals surface area contributed by atoms with Crippen molar-refractivity contribution in [2.24, 2.45) is 0 Å². The lowest BCUT2D eigenvalue weighted by atomic mass is 9.83. The fourth-order valence-corrected chi connectivity index (χ4v) is 2.96. The Morgan fingerprint density at radius 1 is 0.900 bits per heavy atom. The van der Waals surface area contributed by atoms with E-state index in [0.717, 1.165) is 34.2 Å². The predicted molar refractivity (Wildman–Crippen MR) is 83.1 cm³/mol. The zero-order valence-electron chi connectivity index (χ0n) is 12.2. The van der Waals surface area contributed by atoms with E-state index in [-0.39, 0.29) is 5.78 Å². The fraction of sp³-hybridized carbons (Fsp3) is 0.211. The van der Waals surface area contributed by atoms with Crippen molar-refractivity contribution in [3.63, 3.8) is 0 Å². The van der Waals surface area contributed by atoms with Gasteiger partial charge < -0.3 is 0 Å². The molecular formula is C19H18O. The van der Waals surface area contributed by atoms with Gasteiger partial charge in [-0.2, -0.15) is 0 Å². The number of allylic oxidation sites excluding steroid dienone is 2. The van der Waals surface area contributed by atoms with Gasteiger partial charge in [0.15, 0.2) is 5.78 Å². The quantitative estimate of drug-likeness (QED) is 0.742. The molecule has 1 aliphatic carbocycles. The van der Waals surface area contributed by atoms with Crippen LogP contribution in [0.3, 0.4) is 0 Å². The Labute approximate surface area is 120 Å². The molecule has 0 unspecified atom stereocenters. The highest BCUT2D eigenvalue weighted by Crippen LogP contribution is 2.30. The molecule has 0 saturated heterocycles. The number of hydrogen-bond acceptors (Lipinski definition) is 1. The van der Waals surface area contributed by atoms with Crippen LogP contribution in [0.2, 0.25) is 0 Å². The monoisotopic (exact) mass is 262 g/mol. The van der Waals surface area contributed by atoms with Gasteiger partial charge in [0, 0.05) is 11.1 Å². The summed E-state index contributed by atoms with van der Waals surface area (Å²) in [6.45, 7) is 6.17. The molecule has 2 aromatic rings. The number of fused-ring (bicyclic) bond motifs is 1. The molecule has 0 aliphatic heterocycles. The van der Waals surface area contributed by atoms with Crippen LogP contribution in [0, 0.1) is 20.8 Å². The van der Waals surface area contributed by atoms with Gasteiger partial charge >= 0.3 is 0 Å². The van der Waals surface area contributed by atoms with Gasteiger partial charge in [-0.05, 0) is 43.9 Å². The molecule has 20 heavy (non-hydrogen) atoms. The SMILES string of the molecule is Cc1ccc(C2=CCc3cc(C)cc(C)c3C2=O)cc1. The largest absolute Gasteiger partial charge is 0.289 e. The minimum Gasteiger partial charge on any atom is -0.289 e. The molecule has 0 fully saturated rings. The number of benzene rings is 2. The van der Waals surface area contributed by atoms with Gasteiger partial charge in [-0.25, -0.2) is 0 Å². The van der Waals surface area contributed by atoms with Crippen molar-refractivity contribution in [1.29, 1.82) is 0 Å². The van der Waals surface area contributed by atoms with Crippen LogP contribution in [-0.2, 0) is 6.42 Å². The summed E-state index contributed by atoms with van der Waals surface area (Å²) in [7, 11) is 0. The smallest absolute Gasteiger partial charge is 0.193 e. The number of carbonyl (C=O) groups is 1. The average molecular weight is 262 g/mol. The summed E-state index contributed by atoms with van der Waals surface area (Å²) < 4.78 is 0. The van der Waals surface area contributed by atoms with E-state index in [1.807, 2.05) is 19.1 Å². The number of Topliss-reactive ketones (excluding diaryl/α,β-unsaturated/α-hetero) is 1. The first-order chi connectivity index (χ1) is 9.56. The summed E-state index contributed by atoms with van der Waals surface area (Å²) in [6, 6.07) is 12.4. The molecule has 3 rings (SSSR count). The first-order valence-corrected chi connectivity index (χ1v) is 6.98. The van der Waals surface area contributed by atoms with E-state index >= 15 is 0 Å². The minimum atomic E-state index is 0.160. The first kappa shape index (κ1) is 12.9. The molecule has 1 heteroatoms. The third-order valence-corrected chi connectivity index (χ3v) is 3.92. The molecule has 0 heterocycles. The van der Waals surface area contributed by atoms with Gasteiger partial charge in [0.25, 0.3) is 0 Å². The Hall–Kier alpha value is -2.15. The zero-order chi connectivity index (χ0) is 14.3. The molecule has 1 aliphatic rings. The maximum Gasteiger partial charge on any atom is 0.193 e. The summed E-state index contributed by atoms with van der Waals surface area (Å²) in [4.78, 5) is 12.8. The van der Waals surface area contributed by atoms with E-state index in [0.29, 0.717) is 0 Å². The highest BCUT2D eigenvalue weighted by molar-refractivity contribution is 6.30. The number of carbonyl (C=O) groups excluding carboxylic acids is 1. The van der Waals surface area contributed by atoms with Crippen LogP contribution < -0.4 is 0 Å². The number of rotatable bonds is 1. The Morgan fingerprint density at radius 3 is 2.30 bits per heavy atom. The third kappa shape index (κ3) is 2.09. The van der Waals surface area contributed by atoms with Crippen molar-refractivity contribution >= 4 is 11.4 Å². The highest BCUT2D eigenvalue weighted by Gasteiger charge is 2.23. The Morgan fingerprint density at radius 2 is 1.60 bits per heavy atom. The lowest BCUT2D eigenvalue weighted by Crippen LogP contribution is -2.13. The van der Waals surface area contributed by atoms with E-state index in [1.165, 1.54) is 11.1 Å². The fourth-order valence-electron chi connectivity index (χ4n) is 2.96. The molecule has 100 valence electrons. The zero-order valence-corrected chi connectivity index (χ0v) is 12.2. The van der Waals surface area contributed by atoms with Crippen molar-refractivity contribution in [2.45, 2.75) is 27.2 Å². The Balaban J connectivity index is 2.08. The molecule has 0 spiro atoms. The molecule has 0 N–H and O–H groups in total. The Bertz CT molecular complexity index is 718. The number of aryl methyl sites for hydroxylation is 3. The maximum atomic E-state index is 12.8. The molecule has 1 nitrogen and oxygen atoms in total. The summed E-state index contributed by atoms with van der Waals surface area (Å²) in [5.74, 6) is 0.160. The van der Waals surface area contributed by atoms with Crippen LogP contribution in [0.1, 0.15) is 38.2 Å². The summed E-state index contributed by atoms with van der Waals surface area (Å²) in [5.41, 5.74) is 7.43. The molecule has 0 atom stereocenters. The van der Waals surface area contributed by atoms with E-state index in [1.54, 1.807) is 0 Å². The van der Waals surface area contributed by atoms with Crippen molar-refractivity contribution in [1.82, 2.24) is 0 Å². The normalized spacial score (nSPS) is 13.9. The lowest BCUT2D eigenvalue weighted by Gasteiger charge is -2.19. The average Bonchev–Trinajstić information content (AvgIpc) is 2.39. The van der Waals surface area contributed by atoms with Gasteiger partial charge in [-0.1, -0.05) is 53.6 Å². The van der Waals surface area contributed by atoms with Crippen molar-refractivity contribution in [3.8, 4) is 0 Å². The van der Waals surface area contributed by atoms with Crippen LogP contribution in [0.15, 0.2) is 42.5 Å². The van der Waals surface area contributed by atoms with Crippen molar-refractivity contribution in [2.75, 3.05) is 0 Å². The summed E-state index contributed by atoms with van der Waals surface area (Å²) in [5, 5.41) is 0. The van der Waals surface area contributed by atoms with Gasteiger partial charge in [0.2, 0.25) is 0 Å². The molecule has 2 aromatic carbocycles. The van der Waals surface area contributed by atoms with E-state index in [2.05, 4.69) is 44.2 Å². The second-order valence-corrected chi connectivity index (χ2v) is 5.63. The highest BCUT2D eigenvalue weighted by atomic mass is 16.1. The van der Waals surface area contributed by atoms with Crippen LogP contribution >= 0.6 is 0 Å². The topological polar surface area (TPSA) is 17.1 Å². The van der Waals surface area contributed by atoms with Crippen LogP contribution in [0.4, 0.5) is 0 Å². The minimum absolute atomic E-state index is 0.160. The maximum absolute atomic E-state index is 12.8. The summed E-state index contributed by atoms with van der Waals surface area (Å²) in [6.07, 6.45) is 2.90. The van der Waals surface area contributed by atoms with Crippen molar-refractivity contribution in [3.05, 3.63) is 75.9 Å². The number of hydrogen-bond donors (Lipinski definition) is 0. The molecule has 0 bridgehead atoms. The predicted octanol–water partition coefficient (Wildman–Crippen LogP) is 4.43. The molecule has 0 saturated carbocycles. The summed E-state index contributed by atoms with van der Waals surface area (Å²) >= 11 is 0. The van der Waals surface area contributed by atoms with Crippen LogP contribution in [-0.4, -0.2) is 5.78 Å². The van der Waals surface area contributed by atoms with Gasteiger partial charge in [-0.15, -0.1) is 0 Å². The molecule has 0 amide bonds.